The van der Waals surface area contributed by atoms with Gasteiger partial charge in [-0.3, -0.25) is 4.79 Å². The van der Waals surface area contributed by atoms with Crippen molar-refractivity contribution in [3.63, 3.8) is 0 Å². The third-order valence-electron chi connectivity index (χ3n) is 3.53. The summed E-state index contributed by atoms with van der Waals surface area (Å²) in [6.45, 7) is 3.92. The Hall–Kier alpha value is -1.68. The van der Waals surface area contributed by atoms with Crippen molar-refractivity contribution in [3.05, 3.63) is 53.5 Å². The first kappa shape index (κ1) is 14.7. The molecule has 3 nitrogen and oxygen atoms in total. The molecule has 1 aromatic carbocycles. The molecule has 20 heavy (non-hydrogen) atoms. The van der Waals surface area contributed by atoms with Crippen LogP contribution < -0.4 is 0 Å². The number of rotatable bonds is 4. The van der Waals surface area contributed by atoms with Crippen molar-refractivity contribution in [1.29, 1.82) is 0 Å². The standard InChI is InChI=1S/C16H19NO2S/c1-11-7-8-13(20-4)10-14(11)16(18)17(3)12(2)15-6-5-9-19-15/h5-10,12H,1-4H3. The van der Waals surface area contributed by atoms with E-state index in [2.05, 4.69) is 0 Å². The van der Waals surface area contributed by atoms with E-state index in [1.54, 1.807) is 30.0 Å². The molecule has 1 aromatic heterocycles. The third-order valence-corrected chi connectivity index (χ3v) is 4.26. The third kappa shape index (κ3) is 2.90. The monoisotopic (exact) mass is 289 g/mol. The van der Waals surface area contributed by atoms with Crippen molar-refractivity contribution < 1.29 is 9.21 Å². The minimum atomic E-state index is -0.0881. The van der Waals surface area contributed by atoms with Gasteiger partial charge in [0.25, 0.3) is 5.91 Å². The Labute approximate surface area is 124 Å². The van der Waals surface area contributed by atoms with Crippen LogP contribution in [0.25, 0.3) is 0 Å². The highest BCUT2D eigenvalue weighted by Gasteiger charge is 2.22. The molecule has 0 radical (unpaired) electrons. The van der Waals surface area contributed by atoms with Crippen LogP contribution in [0.4, 0.5) is 0 Å². The Bertz CT molecular complexity index is 593. The molecule has 2 rings (SSSR count). The summed E-state index contributed by atoms with van der Waals surface area (Å²) in [5.74, 6) is 0.807. The Balaban J connectivity index is 2.26. The topological polar surface area (TPSA) is 33.5 Å². The number of thioether (sulfide) groups is 1. The van der Waals surface area contributed by atoms with Gasteiger partial charge >= 0.3 is 0 Å². The first-order chi connectivity index (χ1) is 9.54. The number of carbonyl (C=O) groups excluding carboxylic acids is 1. The lowest BCUT2D eigenvalue weighted by Crippen LogP contribution is -2.30. The van der Waals surface area contributed by atoms with Crippen molar-refractivity contribution in [2.24, 2.45) is 0 Å². The second-order valence-electron chi connectivity index (χ2n) is 4.79. The zero-order valence-electron chi connectivity index (χ0n) is 12.2. The first-order valence-corrected chi connectivity index (χ1v) is 7.72. The fourth-order valence-corrected chi connectivity index (χ4v) is 2.48. The normalized spacial score (nSPS) is 12.2. The van der Waals surface area contributed by atoms with Crippen molar-refractivity contribution in [3.8, 4) is 0 Å². The molecule has 1 heterocycles. The summed E-state index contributed by atoms with van der Waals surface area (Å²) in [4.78, 5) is 15.5. The van der Waals surface area contributed by atoms with E-state index >= 15 is 0 Å². The van der Waals surface area contributed by atoms with Gasteiger partial charge in [0.05, 0.1) is 12.3 Å². The van der Waals surface area contributed by atoms with E-state index in [9.17, 15) is 4.79 Å². The number of benzene rings is 1. The van der Waals surface area contributed by atoms with Gasteiger partial charge in [-0.05, 0) is 49.9 Å². The molecule has 4 heteroatoms. The van der Waals surface area contributed by atoms with Crippen molar-refractivity contribution >= 4 is 17.7 Å². The predicted octanol–water partition coefficient (Wildman–Crippen LogP) is 4.14. The highest BCUT2D eigenvalue weighted by molar-refractivity contribution is 7.98. The average Bonchev–Trinajstić information content (AvgIpc) is 2.99. The van der Waals surface area contributed by atoms with E-state index < -0.39 is 0 Å². The van der Waals surface area contributed by atoms with Crippen LogP contribution in [0.3, 0.4) is 0 Å². The van der Waals surface area contributed by atoms with E-state index in [1.807, 2.05) is 50.4 Å². The molecule has 0 saturated carbocycles. The van der Waals surface area contributed by atoms with Gasteiger partial charge in [0, 0.05) is 17.5 Å². The van der Waals surface area contributed by atoms with Crippen LogP contribution in [0.5, 0.6) is 0 Å². The molecule has 2 aromatic rings. The number of amides is 1. The van der Waals surface area contributed by atoms with E-state index in [0.29, 0.717) is 0 Å². The van der Waals surface area contributed by atoms with Crippen LogP contribution >= 0.6 is 11.8 Å². The van der Waals surface area contributed by atoms with Gasteiger partial charge in [0.1, 0.15) is 5.76 Å². The van der Waals surface area contributed by atoms with Gasteiger partial charge in [-0.15, -0.1) is 11.8 Å². The van der Waals surface area contributed by atoms with E-state index in [-0.39, 0.29) is 11.9 Å². The summed E-state index contributed by atoms with van der Waals surface area (Å²) in [5, 5.41) is 0. The highest BCUT2D eigenvalue weighted by Crippen LogP contribution is 2.24. The zero-order chi connectivity index (χ0) is 14.7. The van der Waals surface area contributed by atoms with Crippen molar-refractivity contribution in [1.82, 2.24) is 4.90 Å². The summed E-state index contributed by atoms with van der Waals surface area (Å²) in [7, 11) is 1.81. The molecule has 0 N–H and O–H groups in total. The quantitative estimate of drug-likeness (QED) is 0.793. The lowest BCUT2D eigenvalue weighted by atomic mass is 10.1. The van der Waals surface area contributed by atoms with Gasteiger partial charge in [-0.2, -0.15) is 0 Å². The van der Waals surface area contributed by atoms with Crippen LogP contribution in [0.1, 0.15) is 34.6 Å². The lowest BCUT2D eigenvalue weighted by Gasteiger charge is -2.24. The Morgan fingerprint density at radius 3 is 2.70 bits per heavy atom. The smallest absolute Gasteiger partial charge is 0.254 e. The summed E-state index contributed by atoms with van der Waals surface area (Å²) in [6, 6.07) is 9.61. The molecule has 0 spiro atoms. The molecular weight excluding hydrogens is 270 g/mol. The van der Waals surface area contributed by atoms with Gasteiger partial charge in [-0.25, -0.2) is 0 Å². The van der Waals surface area contributed by atoms with Gasteiger partial charge in [-0.1, -0.05) is 6.07 Å². The molecule has 0 aliphatic rings. The molecular formula is C16H19NO2S. The number of hydrogen-bond donors (Lipinski definition) is 0. The molecule has 0 fully saturated rings. The molecule has 1 amide bonds. The maximum atomic E-state index is 12.6. The SMILES string of the molecule is CSc1ccc(C)c(C(=O)N(C)C(C)c2ccco2)c1. The number of aryl methyl sites for hydroxylation is 1. The number of hydrogen-bond acceptors (Lipinski definition) is 3. The molecule has 1 unspecified atom stereocenters. The number of carbonyl (C=O) groups is 1. The van der Waals surface area contributed by atoms with E-state index in [4.69, 9.17) is 4.42 Å². The van der Waals surface area contributed by atoms with E-state index in [1.165, 1.54) is 0 Å². The van der Waals surface area contributed by atoms with E-state index in [0.717, 1.165) is 21.8 Å². The minimum absolute atomic E-state index is 0.0160. The summed E-state index contributed by atoms with van der Waals surface area (Å²) in [6.07, 6.45) is 3.64. The predicted molar refractivity (Wildman–Crippen MR) is 82.2 cm³/mol. The number of furan rings is 1. The minimum Gasteiger partial charge on any atom is -0.467 e. The molecule has 0 aliphatic carbocycles. The largest absolute Gasteiger partial charge is 0.467 e. The zero-order valence-corrected chi connectivity index (χ0v) is 13.0. The second kappa shape index (κ2) is 6.18. The Morgan fingerprint density at radius 2 is 2.10 bits per heavy atom. The van der Waals surface area contributed by atoms with Gasteiger partial charge in [0.2, 0.25) is 0 Å². The van der Waals surface area contributed by atoms with Crippen LogP contribution in [-0.2, 0) is 0 Å². The Kier molecular flexibility index (Phi) is 4.55. The van der Waals surface area contributed by atoms with Gasteiger partial charge in [0.15, 0.2) is 0 Å². The molecule has 0 bridgehead atoms. The van der Waals surface area contributed by atoms with Crippen LogP contribution in [0.15, 0.2) is 45.9 Å². The maximum Gasteiger partial charge on any atom is 0.254 e. The fraction of sp³-hybridized carbons (Fsp3) is 0.312. The van der Waals surface area contributed by atoms with Crippen LogP contribution in [-0.4, -0.2) is 24.1 Å². The molecule has 0 aliphatic heterocycles. The molecule has 1 atom stereocenters. The first-order valence-electron chi connectivity index (χ1n) is 6.49. The van der Waals surface area contributed by atoms with Crippen LogP contribution in [0, 0.1) is 6.92 Å². The Morgan fingerprint density at radius 1 is 1.35 bits per heavy atom. The summed E-state index contributed by atoms with van der Waals surface area (Å²) >= 11 is 1.64. The van der Waals surface area contributed by atoms with Gasteiger partial charge < -0.3 is 9.32 Å². The maximum absolute atomic E-state index is 12.6. The number of nitrogens with zero attached hydrogens (tertiary/aromatic N) is 1. The molecule has 106 valence electrons. The van der Waals surface area contributed by atoms with Crippen molar-refractivity contribution in [2.75, 3.05) is 13.3 Å². The second-order valence-corrected chi connectivity index (χ2v) is 5.67. The molecule has 0 saturated heterocycles. The highest BCUT2D eigenvalue weighted by atomic mass is 32.2. The average molecular weight is 289 g/mol. The fourth-order valence-electron chi connectivity index (χ4n) is 2.04. The van der Waals surface area contributed by atoms with Crippen LogP contribution in [0.2, 0.25) is 0 Å². The summed E-state index contributed by atoms with van der Waals surface area (Å²) in [5.41, 5.74) is 1.74. The summed E-state index contributed by atoms with van der Waals surface area (Å²) < 4.78 is 5.38. The lowest BCUT2D eigenvalue weighted by molar-refractivity contribution is 0.0725. The van der Waals surface area contributed by atoms with Crippen molar-refractivity contribution in [2.45, 2.75) is 24.8 Å².